The molecule has 0 saturated heterocycles. The molecule has 0 fully saturated rings. The quantitative estimate of drug-likeness (QED) is 0.201. The van der Waals surface area contributed by atoms with Gasteiger partial charge in [0, 0.05) is 6.92 Å². The van der Waals surface area contributed by atoms with Crippen LogP contribution in [0.2, 0.25) is 0 Å². The molecule has 0 aliphatic rings. The number of nitrogens with one attached hydrogen (secondary N) is 1. The SMILES string of the molecule is CC(=O)NC#N.[H-].[Na+]. The van der Waals surface area contributed by atoms with Crippen molar-refractivity contribution in [1.29, 1.82) is 5.26 Å². The van der Waals surface area contributed by atoms with E-state index >= 15 is 0 Å². The fourth-order valence-electron chi connectivity index (χ4n) is 0.0787. The Morgan fingerprint density at radius 3 is 2.43 bits per heavy atom. The van der Waals surface area contributed by atoms with Crippen LogP contribution >= 0.6 is 0 Å². The van der Waals surface area contributed by atoms with Crippen LogP contribution < -0.4 is 34.9 Å². The van der Waals surface area contributed by atoms with Crippen molar-refractivity contribution in [3.8, 4) is 6.19 Å². The van der Waals surface area contributed by atoms with E-state index in [0.717, 1.165) is 0 Å². The summed E-state index contributed by atoms with van der Waals surface area (Å²) >= 11 is 0. The number of hydrogen-bond acceptors (Lipinski definition) is 2. The van der Waals surface area contributed by atoms with E-state index in [2.05, 4.69) is 0 Å². The number of amides is 1. The maximum atomic E-state index is 9.71. The van der Waals surface area contributed by atoms with E-state index in [-0.39, 0.29) is 36.9 Å². The summed E-state index contributed by atoms with van der Waals surface area (Å²) in [5.41, 5.74) is 0. The maximum Gasteiger partial charge on any atom is 1.00 e. The normalized spacial score (nSPS) is 5.14. The second-order valence-corrected chi connectivity index (χ2v) is 0.793. The minimum Gasteiger partial charge on any atom is -1.00 e. The van der Waals surface area contributed by atoms with E-state index in [4.69, 9.17) is 5.26 Å². The fraction of sp³-hybridized carbons (Fsp3) is 0.333. The molecule has 0 aliphatic carbocycles. The minimum atomic E-state index is -0.322. The Kier molecular flexibility index (Phi) is 8.56. The second-order valence-electron chi connectivity index (χ2n) is 0.793. The number of nitriles is 1. The van der Waals surface area contributed by atoms with Gasteiger partial charge in [0.2, 0.25) is 5.91 Å². The number of carbonyl (C=O) groups excluding carboxylic acids is 1. The molecule has 0 radical (unpaired) electrons. The monoisotopic (exact) mass is 108 g/mol. The Morgan fingerprint density at radius 1 is 2.00 bits per heavy atom. The predicted octanol–water partition coefficient (Wildman–Crippen LogP) is -3.28. The summed E-state index contributed by atoms with van der Waals surface area (Å²) in [4.78, 5) is 9.71. The molecule has 0 bridgehead atoms. The molecule has 3 nitrogen and oxygen atoms in total. The molecule has 0 spiro atoms. The molecule has 0 aromatic rings. The van der Waals surface area contributed by atoms with Crippen molar-refractivity contribution in [2.45, 2.75) is 6.92 Å². The molecular weight excluding hydrogens is 103 g/mol. The molecule has 0 aromatic heterocycles. The standard InChI is InChI=1S/C3H4N2O.Na.H/c1-3(6)5-2-4;;/h1H3,(H,5,6);;/q;+1;-1. The van der Waals surface area contributed by atoms with Crippen LogP contribution in [0.3, 0.4) is 0 Å². The minimum absolute atomic E-state index is 0. The summed E-state index contributed by atoms with van der Waals surface area (Å²) in [6.45, 7) is 1.28. The van der Waals surface area contributed by atoms with Crippen LogP contribution in [0.1, 0.15) is 8.35 Å². The number of hydrogen-bond donors (Lipinski definition) is 1. The van der Waals surface area contributed by atoms with Gasteiger partial charge in [-0.15, -0.1) is 0 Å². The fourth-order valence-corrected chi connectivity index (χ4v) is 0.0787. The molecule has 0 rings (SSSR count). The van der Waals surface area contributed by atoms with Crippen LogP contribution in [-0.2, 0) is 4.79 Å². The van der Waals surface area contributed by atoms with E-state index in [9.17, 15) is 4.79 Å². The van der Waals surface area contributed by atoms with Crippen molar-refractivity contribution in [2.75, 3.05) is 0 Å². The van der Waals surface area contributed by atoms with Gasteiger partial charge in [0.1, 0.15) is 0 Å². The molecule has 4 heteroatoms. The second kappa shape index (κ2) is 5.96. The average Bonchev–Trinajstić information content (AvgIpc) is 1.35. The zero-order chi connectivity index (χ0) is 4.99. The Balaban J connectivity index is -0.000000125. The maximum absolute atomic E-state index is 9.71. The zero-order valence-corrected chi connectivity index (χ0v) is 6.36. The molecular formula is C3H5N2NaO. The van der Waals surface area contributed by atoms with E-state index in [1.807, 2.05) is 5.32 Å². The van der Waals surface area contributed by atoms with Gasteiger partial charge in [-0.1, -0.05) is 0 Å². The van der Waals surface area contributed by atoms with E-state index < -0.39 is 0 Å². The topological polar surface area (TPSA) is 52.9 Å². The molecule has 7 heavy (non-hydrogen) atoms. The van der Waals surface area contributed by atoms with Crippen LogP contribution in [0.5, 0.6) is 0 Å². The van der Waals surface area contributed by atoms with Gasteiger partial charge < -0.3 is 1.43 Å². The van der Waals surface area contributed by atoms with Gasteiger partial charge in [-0.05, 0) is 0 Å². The first kappa shape index (κ1) is 10.0. The summed E-state index contributed by atoms with van der Waals surface area (Å²) in [5, 5.41) is 9.53. The summed E-state index contributed by atoms with van der Waals surface area (Å²) in [6, 6.07) is 0. The Hall–Kier alpha value is -0.0400. The first-order valence-electron chi connectivity index (χ1n) is 1.43. The van der Waals surface area contributed by atoms with Crippen molar-refractivity contribution < 1.29 is 35.8 Å². The number of nitrogens with zero attached hydrogens (tertiary/aromatic N) is 1. The molecule has 0 aromatic carbocycles. The van der Waals surface area contributed by atoms with E-state index in [1.165, 1.54) is 13.1 Å². The Bertz CT molecular complexity index is 99.9. The summed E-state index contributed by atoms with van der Waals surface area (Å²) in [5.74, 6) is -0.322. The van der Waals surface area contributed by atoms with Crippen molar-refractivity contribution in [3.63, 3.8) is 0 Å². The zero-order valence-electron chi connectivity index (χ0n) is 5.36. The van der Waals surface area contributed by atoms with Gasteiger partial charge in [-0.3, -0.25) is 10.1 Å². The van der Waals surface area contributed by atoms with Gasteiger partial charge in [0.15, 0.2) is 6.19 Å². The van der Waals surface area contributed by atoms with Crippen LogP contribution in [0.25, 0.3) is 0 Å². The van der Waals surface area contributed by atoms with Crippen molar-refractivity contribution in [3.05, 3.63) is 0 Å². The van der Waals surface area contributed by atoms with Crippen LogP contribution in [0.4, 0.5) is 0 Å². The molecule has 34 valence electrons. The molecule has 0 aliphatic heterocycles. The summed E-state index contributed by atoms with van der Waals surface area (Å²) in [7, 11) is 0. The molecule has 0 saturated carbocycles. The molecule has 1 N–H and O–H groups in total. The van der Waals surface area contributed by atoms with Gasteiger partial charge in [0.25, 0.3) is 0 Å². The van der Waals surface area contributed by atoms with Crippen LogP contribution in [-0.4, -0.2) is 5.91 Å². The van der Waals surface area contributed by atoms with Crippen molar-refractivity contribution >= 4 is 5.91 Å². The first-order valence-corrected chi connectivity index (χ1v) is 1.43. The Morgan fingerprint density at radius 2 is 2.43 bits per heavy atom. The smallest absolute Gasteiger partial charge is 1.00 e. The molecule has 0 unspecified atom stereocenters. The van der Waals surface area contributed by atoms with Crippen LogP contribution in [0, 0.1) is 11.5 Å². The van der Waals surface area contributed by atoms with Gasteiger partial charge >= 0.3 is 29.6 Å². The molecule has 0 heterocycles. The third-order valence-electron chi connectivity index (χ3n) is 0.232. The van der Waals surface area contributed by atoms with Gasteiger partial charge in [-0.25, -0.2) is 0 Å². The van der Waals surface area contributed by atoms with E-state index in [0.29, 0.717) is 0 Å². The van der Waals surface area contributed by atoms with Gasteiger partial charge in [-0.2, -0.15) is 5.26 Å². The summed E-state index contributed by atoms with van der Waals surface area (Å²) < 4.78 is 0. The van der Waals surface area contributed by atoms with Crippen molar-refractivity contribution in [1.82, 2.24) is 5.32 Å². The van der Waals surface area contributed by atoms with E-state index in [1.54, 1.807) is 0 Å². The first-order chi connectivity index (χ1) is 2.77. The Labute approximate surface area is 65.5 Å². The predicted molar refractivity (Wildman–Crippen MR) is 20.5 cm³/mol. The van der Waals surface area contributed by atoms with Crippen molar-refractivity contribution in [2.24, 2.45) is 0 Å². The number of rotatable bonds is 0. The van der Waals surface area contributed by atoms with Gasteiger partial charge in [0.05, 0.1) is 0 Å². The third kappa shape index (κ3) is 10.7. The third-order valence-corrected chi connectivity index (χ3v) is 0.232. The largest absolute Gasteiger partial charge is 1.00 e. The average molecular weight is 108 g/mol. The molecule has 1 amide bonds. The number of carbonyl (C=O) groups is 1. The molecule has 0 atom stereocenters. The summed E-state index contributed by atoms with van der Waals surface area (Å²) in [6.07, 6.45) is 1.47. The van der Waals surface area contributed by atoms with Crippen LogP contribution in [0.15, 0.2) is 0 Å².